The van der Waals surface area contributed by atoms with Gasteiger partial charge >= 0.3 is 0 Å². The maximum Gasteiger partial charge on any atom is 0.249 e. The van der Waals surface area contributed by atoms with E-state index in [4.69, 9.17) is 4.74 Å². The molecule has 2 aromatic carbocycles. The lowest BCUT2D eigenvalue weighted by Gasteiger charge is -2.53. The van der Waals surface area contributed by atoms with E-state index in [1.54, 1.807) is 42.0 Å². The number of amides is 3. The SMILES string of the molecule is COc1ccc2[nH]c3c(c2c1)C[C@@]1(C)C(=O)N(CCCN2CCN(C(C)=O)CC2)CC(=O)N1[C@@H]3c1cccc(O)c1. The molecule has 2 N–H and O–H groups in total. The van der Waals surface area contributed by atoms with Gasteiger partial charge in [-0.3, -0.25) is 19.3 Å². The third kappa shape index (κ3) is 4.69. The fourth-order valence-corrected chi connectivity index (χ4v) is 6.85. The van der Waals surface area contributed by atoms with Crippen molar-refractivity contribution in [3.8, 4) is 11.5 Å². The number of aromatic nitrogens is 1. The van der Waals surface area contributed by atoms with Crippen molar-refractivity contribution in [2.24, 2.45) is 0 Å². The number of phenols is 1. The number of rotatable bonds is 6. The maximum atomic E-state index is 14.3. The van der Waals surface area contributed by atoms with Gasteiger partial charge in [0.05, 0.1) is 19.7 Å². The molecule has 2 saturated heterocycles. The number of nitrogens with zero attached hydrogens (tertiary/aromatic N) is 4. The number of methoxy groups -OCH3 is 1. The Hall–Kier alpha value is -4.05. The van der Waals surface area contributed by atoms with E-state index in [0.29, 0.717) is 13.0 Å². The van der Waals surface area contributed by atoms with E-state index < -0.39 is 11.6 Å². The van der Waals surface area contributed by atoms with E-state index in [-0.39, 0.29) is 30.0 Å². The normalized spacial score (nSPS) is 23.1. The molecule has 4 heterocycles. The van der Waals surface area contributed by atoms with Gasteiger partial charge in [-0.1, -0.05) is 12.1 Å². The zero-order chi connectivity index (χ0) is 28.9. The van der Waals surface area contributed by atoms with Gasteiger partial charge in [-0.05, 0) is 61.3 Å². The van der Waals surface area contributed by atoms with Crippen molar-refractivity contribution in [3.05, 3.63) is 59.3 Å². The molecule has 0 spiro atoms. The molecule has 0 bridgehead atoms. The molecule has 3 amide bonds. The van der Waals surface area contributed by atoms with E-state index in [1.165, 1.54) is 0 Å². The Balaban J connectivity index is 1.30. The average Bonchev–Trinajstić information content (AvgIpc) is 3.31. The minimum atomic E-state index is -1.09. The Morgan fingerprint density at radius 2 is 1.88 bits per heavy atom. The molecular formula is C31H37N5O5. The molecule has 0 saturated carbocycles. The second-order valence-corrected chi connectivity index (χ2v) is 11.6. The van der Waals surface area contributed by atoms with Gasteiger partial charge in [-0.2, -0.15) is 0 Å². The van der Waals surface area contributed by atoms with Crippen LogP contribution in [0.5, 0.6) is 11.5 Å². The number of carbonyl (C=O) groups excluding carboxylic acids is 3. The van der Waals surface area contributed by atoms with E-state index in [0.717, 1.165) is 72.6 Å². The van der Waals surface area contributed by atoms with Gasteiger partial charge in [0.15, 0.2) is 0 Å². The fraction of sp³-hybridized carbons (Fsp3) is 0.452. The number of carbonyl (C=O) groups is 3. The second kappa shape index (κ2) is 10.4. The van der Waals surface area contributed by atoms with Crippen LogP contribution in [0.1, 0.15) is 43.1 Å². The number of benzene rings is 2. The molecule has 41 heavy (non-hydrogen) atoms. The molecule has 1 aromatic heterocycles. The molecule has 0 radical (unpaired) electrons. The molecule has 0 unspecified atom stereocenters. The summed E-state index contributed by atoms with van der Waals surface area (Å²) in [5.74, 6) is 0.755. The molecule has 2 atom stereocenters. The van der Waals surface area contributed by atoms with Gasteiger partial charge in [-0.25, -0.2) is 0 Å². The largest absolute Gasteiger partial charge is 0.508 e. The predicted molar refractivity (Wildman–Crippen MR) is 154 cm³/mol. The highest BCUT2D eigenvalue weighted by Crippen LogP contribution is 2.47. The van der Waals surface area contributed by atoms with Crippen LogP contribution in [-0.2, 0) is 20.8 Å². The number of H-pyrrole nitrogens is 1. The van der Waals surface area contributed by atoms with Crippen molar-refractivity contribution in [2.45, 2.75) is 38.3 Å². The summed E-state index contributed by atoms with van der Waals surface area (Å²) in [4.78, 5) is 51.0. The third-order valence-corrected chi connectivity index (χ3v) is 8.98. The highest BCUT2D eigenvalue weighted by atomic mass is 16.5. The van der Waals surface area contributed by atoms with Crippen LogP contribution in [0.3, 0.4) is 0 Å². The lowest BCUT2D eigenvalue weighted by atomic mass is 9.78. The van der Waals surface area contributed by atoms with E-state index in [1.807, 2.05) is 36.1 Å². The van der Waals surface area contributed by atoms with Crippen LogP contribution >= 0.6 is 0 Å². The average molecular weight is 560 g/mol. The minimum Gasteiger partial charge on any atom is -0.508 e. The topological polar surface area (TPSA) is 109 Å². The number of nitrogens with one attached hydrogen (secondary N) is 1. The molecule has 216 valence electrons. The Morgan fingerprint density at radius 1 is 1.10 bits per heavy atom. The standard InChI is InChI=1S/C31H37N5O5/c1-20(37)34-14-12-33(13-15-34)10-5-11-35-19-27(39)36-29(21-6-4-7-22(38)16-21)28-25(18-31(36,2)30(35)40)24-17-23(41-3)8-9-26(24)32-28/h4,6-9,16-17,29,32,38H,5,10-15,18-19H2,1-3H3/t29-,31+/m1/s1. The maximum absolute atomic E-state index is 14.3. The number of aromatic amines is 1. The van der Waals surface area contributed by atoms with Gasteiger partial charge in [0.1, 0.15) is 17.0 Å². The van der Waals surface area contributed by atoms with Gasteiger partial charge < -0.3 is 29.5 Å². The number of piperazine rings is 2. The van der Waals surface area contributed by atoms with Crippen LogP contribution in [-0.4, -0.2) is 106 Å². The number of hydrogen-bond donors (Lipinski definition) is 2. The monoisotopic (exact) mass is 559 g/mol. The highest BCUT2D eigenvalue weighted by Gasteiger charge is 2.56. The first-order chi connectivity index (χ1) is 19.7. The Morgan fingerprint density at radius 3 is 2.59 bits per heavy atom. The van der Waals surface area contributed by atoms with E-state index in [9.17, 15) is 19.5 Å². The first kappa shape index (κ1) is 27.1. The van der Waals surface area contributed by atoms with E-state index >= 15 is 0 Å². The summed E-state index contributed by atoms with van der Waals surface area (Å²) in [6.45, 7) is 7.87. The van der Waals surface area contributed by atoms with E-state index in [2.05, 4.69) is 9.88 Å². The molecule has 3 aliphatic rings. The molecule has 0 aliphatic carbocycles. The summed E-state index contributed by atoms with van der Waals surface area (Å²) in [5, 5.41) is 11.3. The highest BCUT2D eigenvalue weighted by molar-refractivity contribution is 6.00. The number of hydrogen-bond acceptors (Lipinski definition) is 6. The first-order valence-electron chi connectivity index (χ1n) is 14.3. The van der Waals surface area contributed by atoms with Crippen molar-refractivity contribution >= 4 is 28.6 Å². The van der Waals surface area contributed by atoms with Crippen LogP contribution in [0.2, 0.25) is 0 Å². The molecule has 6 rings (SSSR count). The molecule has 10 heteroatoms. The van der Waals surface area contributed by atoms with Crippen molar-refractivity contribution in [1.82, 2.24) is 24.6 Å². The van der Waals surface area contributed by atoms with Gasteiger partial charge in [-0.15, -0.1) is 0 Å². The fourth-order valence-electron chi connectivity index (χ4n) is 6.85. The lowest BCUT2D eigenvalue weighted by molar-refractivity contribution is -0.167. The molecule has 3 aromatic rings. The second-order valence-electron chi connectivity index (χ2n) is 11.6. The minimum absolute atomic E-state index is 0.0191. The summed E-state index contributed by atoms with van der Waals surface area (Å²) >= 11 is 0. The Bertz CT molecular complexity index is 1510. The summed E-state index contributed by atoms with van der Waals surface area (Å²) in [6, 6.07) is 12.2. The quantitative estimate of drug-likeness (QED) is 0.481. The van der Waals surface area contributed by atoms with Gasteiger partial charge in [0.25, 0.3) is 0 Å². The van der Waals surface area contributed by atoms with Crippen LogP contribution in [0.15, 0.2) is 42.5 Å². The third-order valence-electron chi connectivity index (χ3n) is 8.98. The van der Waals surface area contributed by atoms with Crippen molar-refractivity contribution < 1.29 is 24.2 Å². The van der Waals surface area contributed by atoms with Crippen molar-refractivity contribution in [1.29, 1.82) is 0 Å². The molecule has 10 nitrogen and oxygen atoms in total. The Labute approximate surface area is 239 Å². The summed E-state index contributed by atoms with van der Waals surface area (Å²) in [5.41, 5.74) is 2.40. The predicted octanol–water partition coefficient (Wildman–Crippen LogP) is 2.51. The number of fused-ring (bicyclic) bond motifs is 4. The zero-order valence-electron chi connectivity index (χ0n) is 23.9. The van der Waals surface area contributed by atoms with Crippen molar-refractivity contribution in [2.75, 3.05) is 52.9 Å². The molecular weight excluding hydrogens is 522 g/mol. The van der Waals surface area contributed by atoms with Gasteiger partial charge in [0.2, 0.25) is 17.7 Å². The lowest BCUT2D eigenvalue weighted by Crippen LogP contribution is -2.70. The summed E-state index contributed by atoms with van der Waals surface area (Å²) in [6.07, 6.45) is 1.12. The van der Waals surface area contributed by atoms with Crippen LogP contribution < -0.4 is 4.74 Å². The first-order valence-corrected chi connectivity index (χ1v) is 14.3. The number of aromatic hydroxyl groups is 1. The van der Waals surface area contributed by atoms with Crippen LogP contribution in [0.25, 0.3) is 10.9 Å². The molecule has 3 aliphatic heterocycles. The van der Waals surface area contributed by atoms with Gasteiger partial charge in [0, 0.05) is 62.7 Å². The smallest absolute Gasteiger partial charge is 0.249 e. The van der Waals surface area contributed by atoms with Crippen LogP contribution in [0, 0.1) is 0 Å². The molecule has 2 fully saturated rings. The van der Waals surface area contributed by atoms with Crippen molar-refractivity contribution in [3.63, 3.8) is 0 Å². The Kier molecular flexibility index (Phi) is 6.89. The number of ether oxygens (including phenoxy) is 1. The summed E-state index contributed by atoms with van der Waals surface area (Å²) in [7, 11) is 1.63. The van der Waals surface area contributed by atoms with Crippen LogP contribution in [0.4, 0.5) is 0 Å². The number of phenolic OH excluding ortho intramolecular Hbond substituents is 1. The zero-order valence-corrected chi connectivity index (χ0v) is 23.9. The summed E-state index contributed by atoms with van der Waals surface area (Å²) < 4.78 is 5.50.